The molecule has 1 aromatic rings. The Morgan fingerprint density at radius 1 is 1.32 bits per heavy atom. The van der Waals surface area contributed by atoms with Crippen LogP contribution < -0.4 is 0 Å². The molecule has 19 heavy (non-hydrogen) atoms. The Morgan fingerprint density at radius 2 is 2.00 bits per heavy atom. The number of halogens is 1. The maximum atomic E-state index is 13.3. The third kappa shape index (κ3) is 4.04. The van der Waals surface area contributed by atoms with Gasteiger partial charge in [0.05, 0.1) is 24.3 Å². The van der Waals surface area contributed by atoms with Gasteiger partial charge in [-0.15, -0.1) is 0 Å². The molecule has 1 fully saturated rings. The molecule has 0 unspecified atom stereocenters. The van der Waals surface area contributed by atoms with E-state index in [2.05, 4.69) is 13.8 Å². The van der Waals surface area contributed by atoms with E-state index in [9.17, 15) is 4.39 Å². The number of hydrogen-bond donors (Lipinski definition) is 0. The van der Waals surface area contributed by atoms with Gasteiger partial charge in [0.1, 0.15) is 5.82 Å². The van der Waals surface area contributed by atoms with Crippen LogP contribution in [0.1, 0.15) is 50.7 Å². The molecule has 102 valence electrons. The molecule has 0 aromatic heterocycles. The number of nitriles is 1. The summed E-state index contributed by atoms with van der Waals surface area (Å²) in [7, 11) is 0. The highest BCUT2D eigenvalue weighted by Crippen LogP contribution is 2.36. The van der Waals surface area contributed by atoms with Crippen LogP contribution in [0.4, 0.5) is 4.39 Å². The summed E-state index contributed by atoms with van der Waals surface area (Å²) in [4.78, 5) is 0. The van der Waals surface area contributed by atoms with Crippen LogP contribution in [-0.2, 0) is 11.3 Å². The molecule has 0 amide bonds. The third-order valence-electron chi connectivity index (χ3n) is 3.86. The topological polar surface area (TPSA) is 33.0 Å². The first-order valence-electron chi connectivity index (χ1n) is 6.80. The number of rotatable bonds is 3. The first-order valence-corrected chi connectivity index (χ1v) is 6.80. The first-order chi connectivity index (χ1) is 8.98. The summed E-state index contributed by atoms with van der Waals surface area (Å²) in [6, 6.07) is 6.33. The van der Waals surface area contributed by atoms with Crippen molar-refractivity contribution in [1.82, 2.24) is 0 Å². The van der Waals surface area contributed by atoms with Crippen LogP contribution in [-0.4, -0.2) is 6.10 Å². The fraction of sp³-hybridized carbons (Fsp3) is 0.562. The molecule has 3 heteroatoms. The minimum absolute atomic E-state index is 0.266. The van der Waals surface area contributed by atoms with Crippen LogP contribution in [0.3, 0.4) is 0 Å². The molecule has 0 aliphatic heterocycles. The summed E-state index contributed by atoms with van der Waals surface area (Å²) in [5.74, 6) is -0.373. The summed E-state index contributed by atoms with van der Waals surface area (Å²) in [5, 5.41) is 8.80. The molecule has 0 bridgehead atoms. The third-order valence-corrected chi connectivity index (χ3v) is 3.86. The summed E-state index contributed by atoms with van der Waals surface area (Å²) in [6.45, 7) is 4.96. The molecule has 1 aliphatic carbocycles. The lowest BCUT2D eigenvalue weighted by Gasteiger charge is -2.34. The zero-order valence-electron chi connectivity index (χ0n) is 11.6. The zero-order chi connectivity index (χ0) is 13.9. The van der Waals surface area contributed by atoms with Crippen LogP contribution in [0.25, 0.3) is 0 Å². The molecular formula is C16H20FNO. The highest BCUT2D eigenvalue weighted by molar-refractivity contribution is 5.33. The van der Waals surface area contributed by atoms with Crippen LogP contribution in [0.5, 0.6) is 0 Å². The quantitative estimate of drug-likeness (QED) is 0.817. The second-order valence-corrected chi connectivity index (χ2v) is 6.13. The molecule has 0 N–H and O–H groups in total. The van der Waals surface area contributed by atoms with Crippen molar-refractivity contribution in [3.05, 3.63) is 35.1 Å². The van der Waals surface area contributed by atoms with Crippen molar-refractivity contribution in [2.45, 2.75) is 52.2 Å². The fourth-order valence-electron chi connectivity index (χ4n) is 2.55. The number of benzene rings is 1. The van der Waals surface area contributed by atoms with Gasteiger partial charge >= 0.3 is 0 Å². The summed E-state index contributed by atoms with van der Waals surface area (Å²) < 4.78 is 19.1. The maximum Gasteiger partial charge on any atom is 0.124 e. The molecule has 1 saturated carbocycles. The van der Waals surface area contributed by atoms with Gasteiger partial charge in [0, 0.05) is 0 Å². The average Bonchev–Trinajstić information content (AvgIpc) is 2.37. The van der Waals surface area contributed by atoms with Gasteiger partial charge in [-0.2, -0.15) is 5.26 Å². The summed E-state index contributed by atoms with van der Waals surface area (Å²) >= 11 is 0. The van der Waals surface area contributed by atoms with E-state index >= 15 is 0 Å². The Balaban J connectivity index is 1.90. The minimum Gasteiger partial charge on any atom is -0.374 e. The second kappa shape index (κ2) is 5.71. The molecule has 0 heterocycles. The second-order valence-electron chi connectivity index (χ2n) is 6.13. The van der Waals surface area contributed by atoms with Gasteiger partial charge in [0.15, 0.2) is 0 Å². The van der Waals surface area contributed by atoms with Crippen LogP contribution in [0.2, 0.25) is 0 Å². The van der Waals surface area contributed by atoms with E-state index in [0.29, 0.717) is 17.6 Å². The Bertz CT molecular complexity index is 480. The minimum atomic E-state index is -0.373. The van der Waals surface area contributed by atoms with Gasteiger partial charge in [-0.05, 0) is 54.9 Å². The normalized spacial score (nSPS) is 19.1. The smallest absolute Gasteiger partial charge is 0.124 e. The van der Waals surface area contributed by atoms with Gasteiger partial charge in [-0.3, -0.25) is 0 Å². The van der Waals surface area contributed by atoms with E-state index in [1.54, 1.807) is 6.07 Å². The molecule has 0 spiro atoms. The van der Waals surface area contributed by atoms with Crippen molar-refractivity contribution < 1.29 is 9.13 Å². The summed E-state index contributed by atoms with van der Waals surface area (Å²) in [6.07, 6.45) is 4.73. The molecule has 2 rings (SSSR count). The maximum absolute atomic E-state index is 13.3. The average molecular weight is 261 g/mol. The summed E-state index contributed by atoms with van der Waals surface area (Å²) in [5.41, 5.74) is 1.51. The van der Waals surface area contributed by atoms with Crippen molar-refractivity contribution in [3.8, 4) is 6.07 Å². The van der Waals surface area contributed by atoms with Gasteiger partial charge in [0.25, 0.3) is 0 Å². The molecule has 0 radical (unpaired) electrons. The van der Waals surface area contributed by atoms with E-state index in [1.807, 2.05) is 6.07 Å². The van der Waals surface area contributed by atoms with Gasteiger partial charge in [0.2, 0.25) is 0 Å². The van der Waals surface area contributed by atoms with Crippen molar-refractivity contribution >= 4 is 0 Å². The fourth-order valence-corrected chi connectivity index (χ4v) is 2.55. The van der Waals surface area contributed by atoms with Crippen molar-refractivity contribution in [3.63, 3.8) is 0 Å². The van der Waals surface area contributed by atoms with E-state index < -0.39 is 0 Å². The SMILES string of the molecule is CC1(C)CCC(OCc2cc(F)cc(C#N)c2)CC1. The van der Waals surface area contributed by atoms with E-state index in [0.717, 1.165) is 18.4 Å². The lowest BCUT2D eigenvalue weighted by Crippen LogP contribution is -2.26. The van der Waals surface area contributed by atoms with Crippen LogP contribution in [0.15, 0.2) is 18.2 Å². The largest absolute Gasteiger partial charge is 0.374 e. The van der Waals surface area contributed by atoms with E-state index in [1.165, 1.54) is 25.0 Å². The number of ether oxygens (including phenoxy) is 1. The predicted molar refractivity (Wildman–Crippen MR) is 71.9 cm³/mol. The monoisotopic (exact) mass is 261 g/mol. The van der Waals surface area contributed by atoms with E-state index in [4.69, 9.17) is 10.00 Å². The molecular weight excluding hydrogens is 241 g/mol. The van der Waals surface area contributed by atoms with Crippen LogP contribution in [0, 0.1) is 22.6 Å². The molecule has 0 saturated heterocycles. The van der Waals surface area contributed by atoms with E-state index in [-0.39, 0.29) is 11.9 Å². The Morgan fingerprint density at radius 3 is 2.63 bits per heavy atom. The first kappa shape index (κ1) is 14.0. The lowest BCUT2D eigenvalue weighted by molar-refractivity contribution is -0.00567. The van der Waals surface area contributed by atoms with Gasteiger partial charge in [-0.1, -0.05) is 13.8 Å². The molecule has 1 aliphatic rings. The lowest BCUT2D eigenvalue weighted by atomic mass is 9.76. The zero-order valence-corrected chi connectivity index (χ0v) is 11.6. The molecule has 1 aromatic carbocycles. The Kier molecular flexibility index (Phi) is 4.21. The highest BCUT2D eigenvalue weighted by Gasteiger charge is 2.27. The Hall–Kier alpha value is -1.40. The number of nitrogens with zero attached hydrogens (tertiary/aromatic N) is 1. The Labute approximate surface area is 114 Å². The number of hydrogen-bond acceptors (Lipinski definition) is 2. The van der Waals surface area contributed by atoms with Gasteiger partial charge in [-0.25, -0.2) is 4.39 Å². The highest BCUT2D eigenvalue weighted by atomic mass is 19.1. The van der Waals surface area contributed by atoms with Crippen LogP contribution >= 0.6 is 0 Å². The van der Waals surface area contributed by atoms with Gasteiger partial charge < -0.3 is 4.74 Å². The predicted octanol–water partition coefficient (Wildman–Crippen LogP) is 4.18. The van der Waals surface area contributed by atoms with Crippen molar-refractivity contribution in [2.75, 3.05) is 0 Å². The molecule has 0 atom stereocenters. The standard InChI is InChI=1S/C16H20FNO/c1-16(2)5-3-15(4-6-16)19-11-13-7-12(10-18)8-14(17)9-13/h7-9,15H,3-6,11H2,1-2H3. The van der Waals surface area contributed by atoms with Crippen molar-refractivity contribution in [1.29, 1.82) is 5.26 Å². The molecule has 2 nitrogen and oxygen atoms in total. The van der Waals surface area contributed by atoms with Crippen molar-refractivity contribution in [2.24, 2.45) is 5.41 Å².